The summed E-state index contributed by atoms with van der Waals surface area (Å²) in [5.74, 6) is -0.376. The van der Waals surface area contributed by atoms with E-state index >= 15 is 0 Å². The maximum Gasteiger partial charge on any atom is 0.441 e. The lowest BCUT2D eigenvalue weighted by molar-refractivity contribution is -1.31. The van der Waals surface area contributed by atoms with E-state index in [1.807, 2.05) is 6.92 Å². The van der Waals surface area contributed by atoms with Gasteiger partial charge in [0.2, 0.25) is 10.4 Å². The average Bonchev–Trinajstić information content (AvgIpc) is 2.41. The molecule has 0 bridgehead atoms. The molecule has 120 valence electrons. The van der Waals surface area contributed by atoms with Crippen LogP contribution in [-0.4, -0.2) is 52.3 Å². The molecular weight excluding hydrogens is 294 g/mol. The maximum absolute atomic E-state index is 11.8. The highest BCUT2D eigenvalue weighted by atomic mass is 32.3. The lowest BCUT2D eigenvalue weighted by Gasteiger charge is -2.21. The van der Waals surface area contributed by atoms with Gasteiger partial charge < -0.3 is 4.55 Å². The summed E-state index contributed by atoms with van der Waals surface area (Å²) >= 11 is 0. The molecule has 0 aliphatic carbocycles. The van der Waals surface area contributed by atoms with Gasteiger partial charge in [-0.25, -0.2) is 13.2 Å². The fraction of sp³-hybridized carbons (Fsp3) is 0.700. The first-order valence-corrected chi connectivity index (χ1v) is 6.76. The molecule has 0 atom stereocenters. The molecule has 0 aromatic rings. The van der Waals surface area contributed by atoms with Gasteiger partial charge in [-0.1, -0.05) is 13.0 Å². The predicted octanol–water partition coefficient (Wildman–Crippen LogP) is 0.463. The second kappa shape index (κ2) is 9.94. The van der Waals surface area contributed by atoms with Crippen molar-refractivity contribution in [2.75, 3.05) is 28.4 Å². The molecule has 10 heteroatoms. The lowest BCUT2D eigenvalue weighted by Crippen LogP contribution is -2.50. The zero-order valence-corrected chi connectivity index (χ0v) is 13.2. The molecule has 0 aliphatic heterocycles. The van der Waals surface area contributed by atoms with Gasteiger partial charge in [-0.05, 0) is 13.3 Å². The van der Waals surface area contributed by atoms with Crippen LogP contribution in [0.1, 0.15) is 20.3 Å². The van der Waals surface area contributed by atoms with Crippen LogP contribution < -0.4 is 0 Å². The van der Waals surface area contributed by atoms with Crippen LogP contribution in [-0.2, 0) is 33.9 Å². The third kappa shape index (κ3) is 7.65. The van der Waals surface area contributed by atoms with E-state index < -0.39 is 15.4 Å². The molecule has 0 saturated carbocycles. The predicted molar refractivity (Wildman–Crippen MR) is 67.0 cm³/mol. The van der Waals surface area contributed by atoms with E-state index in [1.54, 1.807) is 13.0 Å². The highest BCUT2D eigenvalue weighted by Crippen LogP contribution is 2.14. The van der Waals surface area contributed by atoms with E-state index in [0.717, 1.165) is 13.5 Å². The topological polar surface area (TPSA) is 111 Å². The van der Waals surface area contributed by atoms with Crippen molar-refractivity contribution in [2.24, 2.45) is 0 Å². The van der Waals surface area contributed by atoms with Gasteiger partial charge in [-0.3, -0.25) is 4.18 Å². The number of hydrogen-bond acceptors (Lipinski definition) is 8. The van der Waals surface area contributed by atoms with Crippen LogP contribution in [0, 0.1) is 0 Å². The van der Waals surface area contributed by atoms with Crippen molar-refractivity contribution in [2.45, 2.75) is 20.3 Å². The molecule has 1 amide bonds. The largest absolute Gasteiger partial charge is 0.726 e. The highest BCUT2D eigenvalue weighted by molar-refractivity contribution is 7.80. The Morgan fingerprint density at radius 2 is 1.50 bits per heavy atom. The Morgan fingerprint density at radius 3 is 1.70 bits per heavy atom. The van der Waals surface area contributed by atoms with E-state index in [9.17, 15) is 17.8 Å². The Morgan fingerprint density at radius 1 is 1.15 bits per heavy atom. The van der Waals surface area contributed by atoms with E-state index in [2.05, 4.69) is 4.18 Å². The third-order valence-corrected chi connectivity index (χ3v) is 2.43. The van der Waals surface area contributed by atoms with Crippen LogP contribution in [0.2, 0.25) is 0 Å². The Labute approximate surface area is 119 Å². The summed E-state index contributed by atoms with van der Waals surface area (Å²) in [6.07, 6.45) is 2.56. The monoisotopic (exact) mass is 315 g/mol. The SMILES string of the molecule is CCC=C(C)C(=O)[N+](OC)(OC)OC.COS(=O)(=O)[O-]. The van der Waals surface area contributed by atoms with E-state index in [-0.39, 0.29) is 5.91 Å². The first-order valence-electron chi connectivity index (χ1n) is 5.43. The van der Waals surface area contributed by atoms with Crippen LogP contribution in [0.15, 0.2) is 11.6 Å². The van der Waals surface area contributed by atoms with Crippen LogP contribution in [0.3, 0.4) is 0 Å². The molecule has 0 heterocycles. The number of carbonyl (C=O) groups is 1. The van der Waals surface area contributed by atoms with Crippen molar-refractivity contribution in [3.63, 3.8) is 0 Å². The minimum atomic E-state index is -4.41. The van der Waals surface area contributed by atoms with Gasteiger partial charge >= 0.3 is 5.91 Å². The van der Waals surface area contributed by atoms with Crippen molar-refractivity contribution in [3.8, 4) is 0 Å². The van der Waals surface area contributed by atoms with Gasteiger partial charge in [-0.15, -0.1) is 14.5 Å². The van der Waals surface area contributed by atoms with Crippen LogP contribution >= 0.6 is 0 Å². The van der Waals surface area contributed by atoms with Crippen molar-refractivity contribution >= 4 is 16.3 Å². The number of nitrogens with zero attached hydrogens (tertiary/aromatic N) is 1. The van der Waals surface area contributed by atoms with Crippen molar-refractivity contribution in [3.05, 3.63) is 11.6 Å². The summed E-state index contributed by atoms with van der Waals surface area (Å²) in [7, 11) is 0.408. The number of quaternary nitrogens is 1. The van der Waals surface area contributed by atoms with Gasteiger partial charge in [-0.2, -0.15) is 0 Å². The number of hydrogen-bond donors (Lipinski definition) is 0. The first kappa shape index (κ1) is 21.4. The summed E-state index contributed by atoms with van der Waals surface area (Å²) in [4.78, 5) is 25.5. The molecule has 0 aromatic carbocycles. The Hall–Kier alpha value is -0.880. The Balaban J connectivity index is 0. The van der Waals surface area contributed by atoms with Crippen molar-refractivity contribution < 1.29 is 41.4 Å². The number of carbonyl (C=O) groups excluding carboxylic acids is 1. The van der Waals surface area contributed by atoms with Gasteiger partial charge in [0.25, 0.3) is 0 Å². The number of amides is 1. The summed E-state index contributed by atoms with van der Waals surface area (Å²) < 4.78 is 31.0. The molecule has 9 nitrogen and oxygen atoms in total. The second-order valence-corrected chi connectivity index (χ2v) is 4.37. The molecule has 0 aliphatic rings. The number of hydroxylamine groups is 3. The Bertz CT molecular complexity index is 405. The molecule has 20 heavy (non-hydrogen) atoms. The Kier molecular flexibility index (Phi) is 10.6. The maximum atomic E-state index is 11.8. The van der Waals surface area contributed by atoms with Crippen molar-refractivity contribution in [1.82, 2.24) is 0 Å². The summed E-state index contributed by atoms with van der Waals surface area (Å²) in [5, 5.41) is 0. The normalized spacial score (nSPS) is 12.7. The van der Waals surface area contributed by atoms with Crippen LogP contribution in [0.5, 0.6) is 0 Å². The van der Waals surface area contributed by atoms with E-state index in [1.165, 1.54) is 21.3 Å². The fourth-order valence-corrected chi connectivity index (χ4v) is 1.08. The van der Waals surface area contributed by atoms with Gasteiger partial charge in [0.1, 0.15) is 21.3 Å². The van der Waals surface area contributed by atoms with Gasteiger partial charge in [0.05, 0.1) is 12.7 Å². The lowest BCUT2D eigenvalue weighted by atomic mass is 10.2. The molecule has 0 N–H and O–H groups in total. The number of allylic oxidation sites excluding steroid dienone is 1. The smallest absolute Gasteiger partial charge is 0.441 e. The summed E-state index contributed by atoms with van der Waals surface area (Å²) in [6.45, 7) is 3.63. The number of rotatable bonds is 6. The molecule has 0 fully saturated rings. The average molecular weight is 315 g/mol. The minimum Gasteiger partial charge on any atom is -0.726 e. The first-order chi connectivity index (χ1) is 9.13. The zero-order chi connectivity index (χ0) is 16.4. The standard InChI is InChI=1S/C9H18NO4.CH4O4S/c1-6-7-8(2)9(11)10(12-3,13-4)14-5;1-5-6(2,3)4/h7H,6H2,1-5H3;1H3,(H,2,3,4)/q+1;/p-1. The van der Waals surface area contributed by atoms with Crippen LogP contribution in [0.25, 0.3) is 0 Å². The molecule has 0 radical (unpaired) electrons. The third-order valence-electron chi connectivity index (χ3n) is 2.02. The molecule has 0 aromatic heterocycles. The summed E-state index contributed by atoms with van der Waals surface area (Å²) in [5.41, 5.74) is 0.540. The molecular formula is C10H21NO8S. The van der Waals surface area contributed by atoms with Crippen LogP contribution in [0.4, 0.5) is 0 Å². The fourth-order valence-electron chi connectivity index (χ4n) is 1.08. The van der Waals surface area contributed by atoms with Gasteiger partial charge in [0.15, 0.2) is 4.97 Å². The molecule has 0 unspecified atom stereocenters. The molecule has 0 saturated heterocycles. The molecule has 0 spiro atoms. The summed E-state index contributed by atoms with van der Waals surface area (Å²) in [6, 6.07) is 0. The van der Waals surface area contributed by atoms with Gasteiger partial charge in [0, 0.05) is 0 Å². The zero-order valence-electron chi connectivity index (χ0n) is 12.4. The van der Waals surface area contributed by atoms with E-state index in [4.69, 9.17) is 14.5 Å². The molecule has 0 rings (SSSR count). The van der Waals surface area contributed by atoms with E-state index in [0.29, 0.717) is 5.57 Å². The highest BCUT2D eigenvalue weighted by Gasteiger charge is 2.43. The quantitative estimate of drug-likeness (QED) is 0.228. The second-order valence-electron chi connectivity index (χ2n) is 3.22. The minimum absolute atomic E-state index is 0.376. The van der Waals surface area contributed by atoms with Crippen molar-refractivity contribution in [1.29, 1.82) is 0 Å².